The Kier molecular flexibility index (Phi) is 6.11. The smallest absolute Gasteiger partial charge is 0.387 e. The maximum absolute atomic E-state index is 12.8. The SMILES string of the molecule is CCCN(CC1COc2ccccc2O1)C(=O)c1ccc(OC(F)F)cc1. The lowest BCUT2D eigenvalue weighted by Crippen LogP contribution is -2.44. The Morgan fingerprint density at radius 2 is 1.89 bits per heavy atom. The number of nitrogens with zero attached hydrogens (tertiary/aromatic N) is 1. The predicted molar refractivity (Wildman–Crippen MR) is 95.6 cm³/mol. The fraction of sp³-hybridized carbons (Fsp3) is 0.350. The molecule has 0 radical (unpaired) electrons. The summed E-state index contributed by atoms with van der Waals surface area (Å²) in [6, 6.07) is 13.1. The molecule has 1 atom stereocenters. The van der Waals surface area contributed by atoms with Crippen molar-refractivity contribution in [1.29, 1.82) is 0 Å². The molecule has 0 spiro atoms. The molecule has 7 heteroatoms. The summed E-state index contributed by atoms with van der Waals surface area (Å²) in [5.41, 5.74) is 0.405. The first-order chi connectivity index (χ1) is 13.1. The fourth-order valence-electron chi connectivity index (χ4n) is 2.91. The zero-order chi connectivity index (χ0) is 19.2. The van der Waals surface area contributed by atoms with Crippen molar-refractivity contribution >= 4 is 5.91 Å². The molecule has 0 aliphatic carbocycles. The second-order valence-corrected chi connectivity index (χ2v) is 6.15. The largest absolute Gasteiger partial charge is 0.486 e. The van der Waals surface area contributed by atoms with Gasteiger partial charge in [-0.15, -0.1) is 0 Å². The Hall–Kier alpha value is -2.83. The highest BCUT2D eigenvalue weighted by atomic mass is 19.3. The molecule has 2 aromatic carbocycles. The van der Waals surface area contributed by atoms with Crippen molar-refractivity contribution in [3.63, 3.8) is 0 Å². The van der Waals surface area contributed by atoms with E-state index < -0.39 is 6.61 Å². The van der Waals surface area contributed by atoms with Crippen LogP contribution < -0.4 is 14.2 Å². The molecular formula is C20H21F2NO4. The third-order valence-corrected chi connectivity index (χ3v) is 4.10. The molecule has 3 rings (SSSR count). The number of hydrogen-bond acceptors (Lipinski definition) is 4. The summed E-state index contributed by atoms with van der Waals surface area (Å²) in [5, 5.41) is 0. The van der Waals surface area contributed by atoms with Crippen LogP contribution in [0.2, 0.25) is 0 Å². The molecule has 1 unspecified atom stereocenters. The van der Waals surface area contributed by atoms with E-state index in [1.54, 1.807) is 4.90 Å². The number of fused-ring (bicyclic) bond motifs is 1. The van der Waals surface area contributed by atoms with Gasteiger partial charge in [0.05, 0.1) is 6.54 Å². The molecule has 0 saturated heterocycles. The molecule has 144 valence electrons. The lowest BCUT2D eigenvalue weighted by molar-refractivity contribution is -0.0498. The number of halogens is 2. The van der Waals surface area contributed by atoms with Crippen LogP contribution in [-0.4, -0.2) is 43.2 Å². The minimum absolute atomic E-state index is 0.0178. The van der Waals surface area contributed by atoms with E-state index in [1.165, 1.54) is 24.3 Å². The van der Waals surface area contributed by atoms with Crippen molar-refractivity contribution in [2.24, 2.45) is 0 Å². The summed E-state index contributed by atoms with van der Waals surface area (Å²) in [6.07, 6.45) is 0.500. The van der Waals surface area contributed by atoms with Gasteiger partial charge in [-0.25, -0.2) is 0 Å². The van der Waals surface area contributed by atoms with Gasteiger partial charge in [0.25, 0.3) is 5.91 Å². The predicted octanol–water partition coefficient (Wildman–Crippen LogP) is 3.98. The second kappa shape index (κ2) is 8.70. The van der Waals surface area contributed by atoms with Crippen molar-refractivity contribution in [1.82, 2.24) is 4.90 Å². The van der Waals surface area contributed by atoms with E-state index in [1.807, 2.05) is 31.2 Å². The van der Waals surface area contributed by atoms with Crippen LogP contribution in [0.4, 0.5) is 8.78 Å². The number of para-hydroxylation sites is 2. The van der Waals surface area contributed by atoms with Crippen LogP contribution in [0.15, 0.2) is 48.5 Å². The Morgan fingerprint density at radius 3 is 2.56 bits per heavy atom. The van der Waals surface area contributed by atoms with Gasteiger partial charge in [-0.3, -0.25) is 4.79 Å². The van der Waals surface area contributed by atoms with Crippen molar-refractivity contribution in [2.45, 2.75) is 26.1 Å². The summed E-state index contributed by atoms with van der Waals surface area (Å²) >= 11 is 0. The molecule has 5 nitrogen and oxygen atoms in total. The zero-order valence-corrected chi connectivity index (χ0v) is 14.9. The Labute approximate surface area is 156 Å². The van der Waals surface area contributed by atoms with Gasteiger partial charge in [-0.1, -0.05) is 19.1 Å². The van der Waals surface area contributed by atoms with Crippen molar-refractivity contribution in [2.75, 3.05) is 19.7 Å². The van der Waals surface area contributed by atoms with Crippen molar-refractivity contribution < 1.29 is 27.8 Å². The van der Waals surface area contributed by atoms with Crippen LogP contribution in [0.3, 0.4) is 0 Å². The topological polar surface area (TPSA) is 48.0 Å². The molecule has 27 heavy (non-hydrogen) atoms. The summed E-state index contributed by atoms with van der Waals surface area (Å²) in [7, 11) is 0. The molecule has 0 bridgehead atoms. The van der Waals surface area contributed by atoms with Gasteiger partial charge in [-0.2, -0.15) is 8.78 Å². The van der Waals surface area contributed by atoms with Gasteiger partial charge in [0, 0.05) is 12.1 Å². The van der Waals surface area contributed by atoms with Crippen LogP contribution >= 0.6 is 0 Å². The van der Waals surface area contributed by atoms with E-state index in [-0.39, 0.29) is 17.8 Å². The van der Waals surface area contributed by atoms with Crippen molar-refractivity contribution in [3.8, 4) is 17.2 Å². The normalized spacial score (nSPS) is 15.5. The first-order valence-electron chi connectivity index (χ1n) is 8.79. The zero-order valence-electron chi connectivity index (χ0n) is 14.9. The van der Waals surface area contributed by atoms with E-state index >= 15 is 0 Å². The number of amides is 1. The van der Waals surface area contributed by atoms with Gasteiger partial charge in [-0.05, 0) is 42.8 Å². The molecular weight excluding hydrogens is 356 g/mol. The van der Waals surface area contributed by atoms with Gasteiger partial charge in [0.1, 0.15) is 12.4 Å². The highest BCUT2D eigenvalue weighted by molar-refractivity contribution is 5.94. The number of benzene rings is 2. The maximum Gasteiger partial charge on any atom is 0.387 e. The average molecular weight is 377 g/mol. The van der Waals surface area contributed by atoms with E-state index in [2.05, 4.69) is 4.74 Å². The van der Waals surface area contributed by atoms with Gasteiger partial charge >= 0.3 is 6.61 Å². The van der Waals surface area contributed by atoms with Crippen molar-refractivity contribution in [3.05, 3.63) is 54.1 Å². The van der Waals surface area contributed by atoms with E-state index in [0.717, 1.165) is 6.42 Å². The van der Waals surface area contributed by atoms with E-state index in [9.17, 15) is 13.6 Å². The Bertz CT molecular complexity index is 767. The molecule has 1 aliphatic heterocycles. The molecule has 1 heterocycles. The van der Waals surface area contributed by atoms with Crippen LogP contribution in [0.1, 0.15) is 23.7 Å². The molecule has 1 aliphatic rings. The van der Waals surface area contributed by atoms with Gasteiger partial charge < -0.3 is 19.1 Å². The van der Waals surface area contributed by atoms with Gasteiger partial charge in [0.15, 0.2) is 17.6 Å². The monoisotopic (exact) mass is 377 g/mol. The second-order valence-electron chi connectivity index (χ2n) is 6.15. The number of carbonyl (C=O) groups excluding carboxylic acids is 1. The van der Waals surface area contributed by atoms with E-state index in [4.69, 9.17) is 9.47 Å². The minimum Gasteiger partial charge on any atom is -0.486 e. The van der Waals surface area contributed by atoms with Crippen LogP contribution in [0.25, 0.3) is 0 Å². The summed E-state index contributed by atoms with van der Waals surface area (Å²) in [5.74, 6) is 1.18. The van der Waals surface area contributed by atoms with Crippen LogP contribution in [-0.2, 0) is 0 Å². The molecule has 0 fully saturated rings. The number of hydrogen-bond donors (Lipinski definition) is 0. The maximum atomic E-state index is 12.8. The molecule has 0 saturated carbocycles. The quantitative estimate of drug-likeness (QED) is 0.732. The third-order valence-electron chi connectivity index (χ3n) is 4.10. The average Bonchev–Trinajstić information content (AvgIpc) is 2.67. The third kappa shape index (κ3) is 4.87. The minimum atomic E-state index is -2.89. The summed E-state index contributed by atoms with van der Waals surface area (Å²) in [4.78, 5) is 14.5. The summed E-state index contributed by atoms with van der Waals surface area (Å²) in [6.45, 7) is 0.361. The number of alkyl halides is 2. The van der Waals surface area contributed by atoms with Gasteiger partial charge in [0.2, 0.25) is 0 Å². The molecule has 1 amide bonds. The Morgan fingerprint density at radius 1 is 1.19 bits per heavy atom. The lowest BCUT2D eigenvalue weighted by Gasteiger charge is -2.31. The molecule has 0 aromatic heterocycles. The highest BCUT2D eigenvalue weighted by Gasteiger charge is 2.25. The standard InChI is InChI=1S/C20H21F2NO4/c1-2-11-23(12-16-13-25-17-5-3-4-6-18(17)26-16)19(24)14-7-9-15(10-8-14)27-20(21)22/h3-10,16,20H,2,11-13H2,1H3. The lowest BCUT2D eigenvalue weighted by atomic mass is 10.1. The number of carbonyl (C=O) groups is 1. The molecule has 0 N–H and O–H groups in total. The number of ether oxygens (including phenoxy) is 3. The fourth-order valence-corrected chi connectivity index (χ4v) is 2.91. The first-order valence-corrected chi connectivity index (χ1v) is 8.79. The van der Waals surface area contributed by atoms with Crippen LogP contribution in [0, 0.1) is 0 Å². The summed E-state index contributed by atoms with van der Waals surface area (Å²) < 4.78 is 40.5. The van der Waals surface area contributed by atoms with E-state index in [0.29, 0.717) is 36.8 Å². The molecule has 2 aromatic rings. The first kappa shape index (κ1) is 18.9. The van der Waals surface area contributed by atoms with Crippen LogP contribution in [0.5, 0.6) is 17.2 Å². The Balaban J connectivity index is 1.67. The highest BCUT2D eigenvalue weighted by Crippen LogP contribution is 2.31. The number of rotatable bonds is 7.